The molecule has 0 fully saturated rings. The molecule has 0 bridgehead atoms. The number of amides is 2. The third-order valence-electron chi connectivity index (χ3n) is 3.56. The van der Waals surface area contributed by atoms with Gasteiger partial charge in [0.1, 0.15) is 0 Å². The Hall–Kier alpha value is -2.86. The van der Waals surface area contributed by atoms with Gasteiger partial charge in [-0.25, -0.2) is 0 Å². The first-order chi connectivity index (χ1) is 12.6. The second-order valence-electron chi connectivity index (χ2n) is 5.75. The fourth-order valence-electron chi connectivity index (χ4n) is 2.12. The Bertz CT molecular complexity index is 898. The lowest BCUT2D eigenvalue weighted by molar-refractivity contribution is -0.137. The third-order valence-corrected chi connectivity index (χ3v) is 3.82. The summed E-state index contributed by atoms with van der Waals surface area (Å²) in [4.78, 5) is 24.3. The average Bonchev–Trinajstić information content (AvgIpc) is 2.60. The van der Waals surface area contributed by atoms with E-state index in [1.165, 1.54) is 25.1 Å². The molecule has 0 heterocycles. The van der Waals surface area contributed by atoms with Crippen molar-refractivity contribution in [1.29, 1.82) is 0 Å². The van der Waals surface area contributed by atoms with Crippen LogP contribution >= 0.6 is 11.6 Å². The van der Waals surface area contributed by atoms with Crippen LogP contribution in [0.15, 0.2) is 60.7 Å². The van der Waals surface area contributed by atoms with E-state index in [4.69, 9.17) is 11.6 Å². The molecular weight excluding hydrogens is 379 g/mol. The predicted molar refractivity (Wildman–Crippen MR) is 98.7 cm³/mol. The molecule has 0 aliphatic heterocycles. The van der Waals surface area contributed by atoms with Crippen LogP contribution in [-0.2, 0) is 15.8 Å². The monoisotopic (exact) mass is 393 g/mol. The normalized spacial score (nSPS) is 11.8. The van der Waals surface area contributed by atoms with E-state index in [9.17, 15) is 22.8 Å². The molecular formula is C20H15ClF3NO2. The standard InChI is InChI=1S/C20H15ClF3NO2/c1-12(2)18(26)25-19(27)17(11-13-3-9-16(21)10-4-13)14-5-7-15(8-6-14)20(22,23)24/h3-11H,1H2,2H3,(H,25,26,27)/b17-11+. The van der Waals surface area contributed by atoms with Gasteiger partial charge in [-0.2, -0.15) is 13.2 Å². The van der Waals surface area contributed by atoms with Crippen LogP contribution < -0.4 is 5.32 Å². The molecule has 140 valence electrons. The van der Waals surface area contributed by atoms with E-state index < -0.39 is 23.6 Å². The molecule has 0 radical (unpaired) electrons. The zero-order valence-corrected chi connectivity index (χ0v) is 15.0. The molecule has 27 heavy (non-hydrogen) atoms. The van der Waals surface area contributed by atoms with Gasteiger partial charge in [-0.05, 0) is 48.4 Å². The van der Waals surface area contributed by atoms with E-state index in [0.29, 0.717) is 10.6 Å². The average molecular weight is 394 g/mol. The number of halogens is 4. The molecule has 0 spiro atoms. The fraction of sp³-hybridized carbons (Fsp3) is 0.100. The number of rotatable bonds is 4. The molecule has 2 rings (SSSR count). The van der Waals surface area contributed by atoms with E-state index in [1.54, 1.807) is 24.3 Å². The fourth-order valence-corrected chi connectivity index (χ4v) is 2.25. The van der Waals surface area contributed by atoms with Crippen LogP contribution in [0.5, 0.6) is 0 Å². The highest BCUT2D eigenvalue weighted by atomic mass is 35.5. The van der Waals surface area contributed by atoms with Crippen LogP contribution in [0.3, 0.4) is 0 Å². The van der Waals surface area contributed by atoms with Crippen molar-refractivity contribution >= 4 is 35.1 Å². The molecule has 2 aromatic rings. The van der Waals surface area contributed by atoms with Crippen LogP contribution in [0, 0.1) is 0 Å². The molecule has 3 nitrogen and oxygen atoms in total. The number of carbonyl (C=O) groups is 2. The number of imide groups is 1. The van der Waals surface area contributed by atoms with Crippen molar-refractivity contribution in [3.05, 3.63) is 82.4 Å². The highest BCUT2D eigenvalue weighted by molar-refractivity contribution is 6.31. The zero-order chi connectivity index (χ0) is 20.2. The van der Waals surface area contributed by atoms with Gasteiger partial charge in [0.15, 0.2) is 0 Å². The Morgan fingerprint density at radius 2 is 1.56 bits per heavy atom. The van der Waals surface area contributed by atoms with Crippen molar-refractivity contribution in [2.75, 3.05) is 0 Å². The van der Waals surface area contributed by atoms with Crippen molar-refractivity contribution < 1.29 is 22.8 Å². The molecule has 0 aliphatic rings. The second kappa shape index (κ2) is 8.22. The molecule has 2 aromatic carbocycles. The number of hydrogen-bond donors (Lipinski definition) is 1. The van der Waals surface area contributed by atoms with Gasteiger partial charge >= 0.3 is 6.18 Å². The van der Waals surface area contributed by atoms with Crippen molar-refractivity contribution in [3.8, 4) is 0 Å². The summed E-state index contributed by atoms with van der Waals surface area (Å²) in [6.07, 6.45) is -3.03. The maximum atomic E-state index is 12.8. The number of nitrogens with one attached hydrogen (secondary N) is 1. The van der Waals surface area contributed by atoms with Gasteiger partial charge in [-0.15, -0.1) is 0 Å². The first-order valence-electron chi connectivity index (χ1n) is 7.74. The lowest BCUT2D eigenvalue weighted by atomic mass is 10.00. The summed E-state index contributed by atoms with van der Waals surface area (Å²) in [5.41, 5.74) is 0.134. The van der Waals surface area contributed by atoms with Crippen molar-refractivity contribution in [2.24, 2.45) is 0 Å². The first-order valence-corrected chi connectivity index (χ1v) is 8.12. The minimum Gasteiger partial charge on any atom is -0.288 e. The lowest BCUT2D eigenvalue weighted by Gasteiger charge is -2.11. The van der Waals surface area contributed by atoms with E-state index >= 15 is 0 Å². The van der Waals surface area contributed by atoms with E-state index in [1.807, 2.05) is 0 Å². The summed E-state index contributed by atoms with van der Waals surface area (Å²) in [7, 11) is 0. The minimum absolute atomic E-state index is 0.0284. The highest BCUT2D eigenvalue weighted by Crippen LogP contribution is 2.30. The summed E-state index contributed by atoms with van der Waals surface area (Å²) >= 11 is 5.83. The smallest absolute Gasteiger partial charge is 0.288 e. The summed E-state index contributed by atoms with van der Waals surface area (Å²) in [6.45, 7) is 4.88. The van der Waals surface area contributed by atoms with Crippen LogP contribution in [0.25, 0.3) is 11.6 Å². The van der Waals surface area contributed by atoms with Gasteiger partial charge in [0.05, 0.1) is 5.56 Å². The third kappa shape index (κ3) is 5.56. The van der Waals surface area contributed by atoms with Crippen LogP contribution in [0.1, 0.15) is 23.6 Å². The Kier molecular flexibility index (Phi) is 6.23. The molecule has 0 saturated carbocycles. The number of alkyl halides is 3. The lowest BCUT2D eigenvalue weighted by Crippen LogP contribution is -2.31. The molecule has 0 atom stereocenters. The number of hydrogen-bond acceptors (Lipinski definition) is 2. The number of benzene rings is 2. The van der Waals surface area contributed by atoms with Gasteiger partial charge in [-0.1, -0.05) is 42.4 Å². The molecule has 0 saturated heterocycles. The van der Waals surface area contributed by atoms with Crippen molar-refractivity contribution in [1.82, 2.24) is 5.32 Å². The zero-order valence-electron chi connectivity index (χ0n) is 14.2. The summed E-state index contributed by atoms with van der Waals surface area (Å²) in [5.74, 6) is -1.42. The predicted octanol–water partition coefficient (Wildman–Crippen LogP) is 5.12. The summed E-state index contributed by atoms with van der Waals surface area (Å²) < 4.78 is 38.3. The van der Waals surface area contributed by atoms with E-state index in [-0.39, 0.29) is 16.7 Å². The van der Waals surface area contributed by atoms with Crippen molar-refractivity contribution in [2.45, 2.75) is 13.1 Å². The molecule has 0 unspecified atom stereocenters. The number of carbonyl (C=O) groups excluding carboxylic acids is 2. The Balaban J connectivity index is 2.45. The summed E-state index contributed by atoms with van der Waals surface area (Å²) in [6, 6.07) is 10.6. The van der Waals surface area contributed by atoms with Gasteiger partial charge < -0.3 is 0 Å². The second-order valence-corrected chi connectivity index (χ2v) is 6.18. The van der Waals surface area contributed by atoms with Crippen molar-refractivity contribution in [3.63, 3.8) is 0 Å². The molecule has 2 amide bonds. The van der Waals surface area contributed by atoms with Gasteiger partial charge in [0, 0.05) is 16.2 Å². The van der Waals surface area contributed by atoms with E-state index in [2.05, 4.69) is 11.9 Å². The Morgan fingerprint density at radius 1 is 1.00 bits per heavy atom. The summed E-state index contributed by atoms with van der Waals surface area (Å²) in [5, 5.41) is 2.65. The van der Waals surface area contributed by atoms with Crippen LogP contribution in [0.4, 0.5) is 13.2 Å². The van der Waals surface area contributed by atoms with Gasteiger partial charge in [0.2, 0.25) is 0 Å². The van der Waals surface area contributed by atoms with Gasteiger partial charge in [-0.3, -0.25) is 14.9 Å². The molecule has 7 heteroatoms. The molecule has 0 aromatic heterocycles. The van der Waals surface area contributed by atoms with Crippen LogP contribution in [0.2, 0.25) is 5.02 Å². The topological polar surface area (TPSA) is 46.2 Å². The largest absolute Gasteiger partial charge is 0.416 e. The Morgan fingerprint density at radius 3 is 2.04 bits per heavy atom. The minimum atomic E-state index is -4.49. The highest BCUT2D eigenvalue weighted by Gasteiger charge is 2.30. The quantitative estimate of drug-likeness (QED) is 0.579. The van der Waals surface area contributed by atoms with E-state index in [0.717, 1.165) is 12.1 Å². The maximum Gasteiger partial charge on any atom is 0.416 e. The van der Waals surface area contributed by atoms with Crippen LogP contribution in [-0.4, -0.2) is 11.8 Å². The first kappa shape index (κ1) is 20.5. The molecule has 1 N–H and O–H groups in total. The SMILES string of the molecule is C=C(C)C(=O)NC(=O)/C(=C/c1ccc(Cl)cc1)c1ccc(C(F)(F)F)cc1. The molecule has 0 aliphatic carbocycles. The maximum absolute atomic E-state index is 12.8. The Labute approximate surface area is 159 Å². The van der Waals surface area contributed by atoms with Gasteiger partial charge in [0.25, 0.3) is 11.8 Å².